The summed E-state index contributed by atoms with van der Waals surface area (Å²) in [4.78, 5) is 29.4. The highest BCUT2D eigenvalue weighted by molar-refractivity contribution is 7.14. The first-order valence-electron chi connectivity index (χ1n) is 9.68. The molecule has 1 heterocycles. The fourth-order valence-corrected chi connectivity index (χ4v) is 3.62. The lowest BCUT2D eigenvalue weighted by molar-refractivity contribution is -0.118. The van der Waals surface area contributed by atoms with Gasteiger partial charge in [-0.3, -0.25) is 14.9 Å². The van der Waals surface area contributed by atoms with E-state index in [1.807, 2.05) is 35.7 Å². The quantitative estimate of drug-likeness (QED) is 0.407. The molecule has 0 unspecified atom stereocenters. The van der Waals surface area contributed by atoms with Crippen LogP contribution in [0.1, 0.15) is 10.4 Å². The van der Waals surface area contributed by atoms with Crippen molar-refractivity contribution in [1.29, 1.82) is 0 Å². The maximum absolute atomic E-state index is 13.7. The Balaban J connectivity index is 1.41. The lowest BCUT2D eigenvalue weighted by atomic mass is 10.2. The Morgan fingerprint density at radius 3 is 2.44 bits per heavy atom. The summed E-state index contributed by atoms with van der Waals surface area (Å²) < 4.78 is 19.2. The van der Waals surface area contributed by atoms with Gasteiger partial charge in [0, 0.05) is 10.9 Å². The zero-order valence-corrected chi connectivity index (χ0v) is 17.6. The Morgan fingerprint density at radius 2 is 1.62 bits per heavy atom. The summed E-state index contributed by atoms with van der Waals surface area (Å²) in [6.45, 7) is -0.381. The first-order chi connectivity index (χ1) is 15.6. The van der Waals surface area contributed by atoms with Crippen molar-refractivity contribution >= 4 is 34.0 Å². The van der Waals surface area contributed by atoms with Gasteiger partial charge in [0.15, 0.2) is 11.7 Å². The molecule has 160 valence electrons. The molecule has 4 rings (SSSR count). The third-order valence-electron chi connectivity index (χ3n) is 4.43. The monoisotopic (exact) mass is 447 g/mol. The molecule has 0 spiro atoms. The minimum Gasteiger partial charge on any atom is -0.483 e. The van der Waals surface area contributed by atoms with E-state index in [2.05, 4.69) is 15.6 Å². The summed E-state index contributed by atoms with van der Waals surface area (Å²) in [7, 11) is 0. The number of carbonyl (C=O) groups is 2. The van der Waals surface area contributed by atoms with Crippen LogP contribution in [0.25, 0.3) is 11.3 Å². The van der Waals surface area contributed by atoms with Gasteiger partial charge < -0.3 is 10.1 Å². The number of hydrogen-bond donors (Lipinski definition) is 2. The highest BCUT2D eigenvalue weighted by Gasteiger charge is 2.16. The molecule has 0 radical (unpaired) electrons. The number of nitrogens with zero attached hydrogens (tertiary/aromatic N) is 1. The zero-order valence-electron chi connectivity index (χ0n) is 16.7. The van der Waals surface area contributed by atoms with Crippen molar-refractivity contribution in [2.75, 3.05) is 17.2 Å². The summed E-state index contributed by atoms with van der Waals surface area (Å²) in [5.74, 6) is -1.27. The number of amides is 2. The minimum absolute atomic E-state index is 0.0603. The number of thiazole rings is 1. The molecule has 3 aromatic carbocycles. The molecule has 32 heavy (non-hydrogen) atoms. The van der Waals surface area contributed by atoms with Crippen LogP contribution in [0, 0.1) is 5.82 Å². The number of carbonyl (C=O) groups excluding carboxylic acids is 2. The molecular weight excluding hydrogens is 429 g/mol. The van der Waals surface area contributed by atoms with Crippen LogP contribution < -0.4 is 15.4 Å². The van der Waals surface area contributed by atoms with Crippen LogP contribution in [0.15, 0.2) is 84.2 Å². The maximum atomic E-state index is 13.7. The van der Waals surface area contributed by atoms with Crippen molar-refractivity contribution in [2.24, 2.45) is 0 Å². The molecule has 6 nitrogen and oxygen atoms in total. The van der Waals surface area contributed by atoms with Crippen molar-refractivity contribution in [1.82, 2.24) is 4.98 Å². The molecule has 0 saturated carbocycles. The van der Waals surface area contributed by atoms with Gasteiger partial charge in [-0.05, 0) is 24.3 Å². The molecule has 4 aromatic rings. The van der Waals surface area contributed by atoms with Crippen LogP contribution in [-0.2, 0) is 4.79 Å². The van der Waals surface area contributed by atoms with Crippen LogP contribution in [0.5, 0.6) is 5.75 Å². The van der Waals surface area contributed by atoms with Gasteiger partial charge >= 0.3 is 0 Å². The molecule has 2 N–H and O–H groups in total. The van der Waals surface area contributed by atoms with Gasteiger partial charge in [-0.1, -0.05) is 54.6 Å². The smallest absolute Gasteiger partial charge is 0.262 e. The molecule has 0 bridgehead atoms. The third kappa shape index (κ3) is 5.16. The molecule has 0 atom stereocenters. The summed E-state index contributed by atoms with van der Waals surface area (Å²) in [6.07, 6.45) is 0. The standard InChI is InChI=1S/C24H18FN3O3S/c25-18-11-5-6-12-19(18)26-22(29)14-31-21-13-7-4-10-17(21)23(30)28-24-27-20(15-32-24)16-8-2-1-3-9-16/h1-13,15H,14H2,(H,26,29)(H,27,28,30). The van der Waals surface area contributed by atoms with Gasteiger partial charge in [0.1, 0.15) is 11.6 Å². The lowest BCUT2D eigenvalue weighted by Gasteiger charge is -2.11. The van der Waals surface area contributed by atoms with Crippen molar-refractivity contribution in [3.05, 3.63) is 95.6 Å². The average Bonchev–Trinajstić information content (AvgIpc) is 3.28. The van der Waals surface area contributed by atoms with Gasteiger partial charge in [0.2, 0.25) is 0 Å². The fourth-order valence-electron chi connectivity index (χ4n) is 2.91. The van der Waals surface area contributed by atoms with E-state index < -0.39 is 17.6 Å². The van der Waals surface area contributed by atoms with Gasteiger partial charge in [-0.2, -0.15) is 0 Å². The highest BCUT2D eigenvalue weighted by atomic mass is 32.1. The van der Waals surface area contributed by atoms with Crippen LogP contribution in [0.2, 0.25) is 0 Å². The molecular formula is C24H18FN3O3S. The topological polar surface area (TPSA) is 80.3 Å². The Hall–Kier alpha value is -4.04. The molecule has 0 aliphatic heterocycles. The second kappa shape index (κ2) is 9.84. The SMILES string of the molecule is O=C(COc1ccccc1C(=O)Nc1nc(-c2ccccc2)cs1)Nc1ccccc1F. The Bertz CT molecular complexity index is 1240. The summed E-state index contributed by atoms with van der Waals surface area (Å²) in [5.41, 5.74) is 2.03. The molecule has 0 saturated heterocycles. The second-order valence-corrected chi connectivity index (χ2v) is 7.53. The number of aromatic nitrogens is 1. The zero-order chi connectivity index (χ0) is 22.3. The minimum atomic E-state index is -0.544. The number of benzene rings is 3. The molecule has 2 amide bonds. The number of hydrogen-bond acceptors (Lipinski definition) is 5. The molecule has 0 aliphatic rings. The number of anilines is 2. The van der Waals surface area contributed by atoms with Crippen molar-refractivity contribution < 1.29 is 18.7 Å². The highest BCUT2D eigenvalue weighted by Crippen LogP contribution is 2.26. The first kappa shape index (κ1) is 21.2. The average molecular weight is 447 g/mol. The Kier molecular flexibility index (Phi) is 6.52. The van der Waals surface area contributed by atoms with Gasteiger partial charge in [-0.15, -0.1) is 11.3 Å². The van der Waals surface area contributed by atoms with E-state index in [4.69, 9.17) is 4.74 Å². The first-order valence-corrected chi connectivity index (χ1v) is 10.6. The Morgan fingerprint density at radius 1 is 0.906 bits per heavy atom. The van der Waals surface area contributed by atoms with E-state index in [0.717, 1.165) is 11.3 Å². The fraction of sp³-hybridized carbons (Fsp3) is 0.0417. The number of halogens is 1. The van der Waals surface area contributed by atoms with Gasteiger partial charge in [0.05, 0.1) is 16.9 Å². The van der Waals surface area contributed by atoms with Gasteiger partial charge in [-0.25, -0.2) is 9.37 Å². The predicted octanol–water partition coefficient (Wildman–Crippen LogP) is 5.22. The normalized spacial score (nSPS) is 10.4. The summed E-state index contributed by atoms with van der Waals surface area (Å²) >= 11 is 1.31. The van der Waals surface area contributed by atoms with E-state index in [9.17, 15) is 14.0 Å². The molecule has 0 aliphatic carbocycles. The van der Waals surface area contributed by atoms with Crippen molar-refractivity contribution in [2.45, 2.75) is 0 Å². The van der Waals surface area contributed by atoms with Crippen LogP contribution in [0.3, 0.4) is 0 Å². The summed E-state index contributed by atoms with van der Waals surface area (Å²) in [5, 5.41) is 7.51. The number of ether oxygens (including phenoxy) is 1. The van der Waals surface area contributed by atoms with E-state index in [-0.39, 0.29) is 23.6 Å². The van der Waals surface area contributed by atoms with E-state index >= 15 is 0 Å². The number of nitrogens with one attached hydrogen (secondary N) is 2. The van der Waals surface area contributed by atoms with E-state index in [0.29, 0.717) is 5.13 Å². The number of rotatable bonds is 7. The van der Waals surface area contributed by atoms with Crippen LogP contribution in [0.4, 0.5) is 15.2 Å². The predicted molar refractivity (Wildman–Crippen MR) is 122 cm³/mol. The molecule has 1 aromatic heterocycles. The van der Waals surface area contributed by atoms with Crippen molar-refractivity contribution in [3.63, 3.8) is 0 Å². The van der Waals surface area contributed by atoms with Crippen LogP contribution >= 0.6 is 11.3 Å². The molecule has 0 fully saturated rings. The van der Waals surface area contributed by atoms with Crippen molar-refractivity contribution in [3.8, 4) is 17.0 Å². The van der Waals surface area contributed by atoms with E-state index in [1.54, 1.807) is 30.3 Å². The van der Waals surface area contributed by atoms with Gasteiger partial charge in [0.25, 0.3) is 11.8 Å². The van der Waals surface area contributed by atoms with E-state index in [1.165, 1.54) is 29.5 Å². The van der Waals surface area contributed by atoms with Crippen LogP contribution in [-0.4, -0.2) is 23.4 Å². The second-order valence-electron chi connectivity index (χ2n) is 6.67. The maximum Gasteiger partial charge on any atom is 0.262 e. The number of para-hydroxylation sites is 2. The largest absolute Gasteiger partial charge is 0.483 e. The molecule has 8 heteroatoms. The Labute approximate surface area is 187 Å². The lowest BCUT2D eigenvalue weighted by Crippen LogP contribution is -2.22. The third-order valence-corrected chi connectivity index (χ3v) is 5.19. The summed E-state index contributed by atoms with van der Waals surface area (Å²) in [6, 6.07) is 22.0.